The molecule has 1 saturated heterocycles. The number of piperidine rings is 1. The monoisotopic (exact) mass is 340 g/mol. The lowest BCUT2D eigenvalue weighted by molar-refractivity contribution is -0.141. The number of ether oxygens (including phenoxy) is 1. The molecular weight excluding hydrogens is 308 g/mol. The topological polar surface area (TPSA) is 70.1 Å². The van der Waals surface area contributed by atoms with E-state index in [1.807, 2.05) is 39.5 Å². The van der Waals surface area contributed by atoms with Gasteiger partial charge >= 0.3 is 6.09 Å². The Morgan fingerprint density at radius 2 is 1.96 bits per heavy atom. The van der Waals surface area contributed by atoms with E-state index < -0.39 is 17.3 Å². The highest BCUT2D eigenvalue weighted by atomic mass is 16.6. The first kappa shape index (κ1) is 19.0. The van der Waals surface area contributed by atoms with Crippen LogP contribution in [0.5, 0.6) is 0 Å². The zero-order valence-electron chi connectivity index (χ0n) is 15.7. The van der Waals surface area contributed by atoms with E-state index in [2.05, 4.69) is 0 Å². The lowest BCUT2D eigenvalue weighted by Crippen LogP contribution is -2.54. The van der Waals surface area contributed by atoms with Gasteiger partial charge in [0.25, 0.3) is 0 Å². The molecule has 24 heavy (non-hydrogen) atoms. The molecule has 2 rings (SSSR count). The van der Waals surface area contributed by atoms with E-state index in [1.54, 1.807) is 0 Å². The van der Waals surface area contributed by atoms with Crippen molar-refractivity contribution in [2.75, 3.05) is 13.1 Å². The van der Waals surface area contributed by atoms with Crippen molar-refractivity contribution in [2.24, 2.45) is 0 Å². The quantitative estimate of drug-likeness (QED) is 0.854. The molecule has 2 amide bonds. The molecule has 0 aromatic heterocycles. The van der Waals surface area contributed by atoms with Crippen LogP contribution < -0.4 is 0 Å². The van der Waals surface area contributed by atoms with Crippen molar-refractivity contribution in [3.63, 3.8) is 0 Å². The number of hydrogen-bond acceptors (Lipinski definition) is 4. The molecule has 1 N–H and O–H groups in total. The zero-order valence-corrected chi connectivity index (χ0v) is 15.7. The molecule has 1 heterocycles. The molecule has 138 valence electrons. The van der Waals surface area contributed by atoms with E-state index in [0.29, 0.717) is 25.4 Å². The number of likely N-dealkylation sites (tertiary alicyclic amines) is 1. The number of β-amino-alcohol motifs (C(OH)–C–C–N with tert-alkyl or cyclic N) is 1. The summed E-state index contributed by atoms with van der Waals surface area (Å²) in [7, 11) is 0. The third-order valence-electron chi connectivity index (χ3n) is 4.47. The Hall–Kier alpha value is -1.30. The molecule has 1 atom stereocenters. The third kappa shape index (κ3) is 5.10. The number of rotatable bonds is 4. The minimum absolute atomic E-state index is 0.0129. The van der Waals surface area contributed by atoms with Crippen molar-refractivity contribution in [3.8, 4) is 0 Å². The Balaban J connectivity index is 1.98. The van der Waals surface area contributed by atoms with Gasteiger partial charge in [-0.2, -0.15) is 0 Å². The van der Waals surface area contributed by atoms with Gasteiger partial charge in [0.05, 0.1) is 18.6 Å². The molecule has 2 fully saturated rings. The van der Waals surface area contributed by atoms with Gasteiger partial charge in [-0.05, 0) is 60.3 Å². The van der Waals surface area contributed by atoms with Crippen LogP contribution in [-0.2, 0) is 9.53 Å². The fourth-order valence-electron chi connectivity index (χ4n) is 3.38. The number of carbonyl (C=O) groups is 2. The molecule has 0 spiro atoms. The van der Waals surface area contributed by atoms with Gasteiger partial charge in [-0.1, -0.05) is 0 Å². The van der Waals surface area contributed by atoms with Crippen molar-refractivity contribution >= 4 is 12.0 Å². The summed E-state index contributed by atoms with van der Waals surface area (Å²) >= 11 is 0. The molecule has 0 radical (unpaired) electrons. The summed E-state index contributed by atoms with van der Waals surface area (Å²) in [6, 6.07) is 0.464. The van der Waals surface area contributed by atoms with Gasteiger partial charge in [0, 0.05) is 18.6 Å². The molecule has 2 aliphatic rings. The van der Waals surface area contributed by atoms with Crippen LogP contribution in [-0.4, -0.2) is 63.3 Å². The van der Waals surface area contributed by atoms with E-state index in [4.69, 9.17) is 4.74 Å². The van der Waals surface area contributed by atoms with Crippen LogP contribution in [0.3, 0.4) is 0 Å². The second-order valence-corrected chi connectivity index (χ2v) is 8.53. The average Bonchev–Trinajstić information content (AvgIpc) is 3.20. The van der Waals surface area contributed by atoms with E-state index in [0.717, 1.165) is 12.8 Å². The molecule has 0 aromatic rings. The first-order chi connectivity index (χ1) is 11.0. The van der Waals surface area contributed by atoms with Gasteiger partial charge in [-0.15, -0.1) is 0 Å². The highest BCUT2D eigenvalue weighted by Crippen LogP contribution is 2.32. The predicted octanol–water partition coefficient (Wildman–Crippen LogP) is 2.54. The molecular formula is C18H32N2O4. The first-order valence-corrected chi connectivity index (χ1v) is 9.02. The summed E-state index contributed by atoms with van der Waals surface area (Å²) < 4.78 is 5.39. The van der Waals surface area contributed by atoms with Crippen molar-refractivity contribution in [2.45, 2.75) is 90.0 Å². The normalized spacial score (nSPS) is 24.9. The highest BCUT2D eigenvalue weighted by molar-refractivity contribution is 5.78. The number of carbonyl (C=O) groups excluding carboxylic acids is 2. The fourth-order valence-corrected chi connectivity index (χ4v) is 3.38. The summed E-state index contributed by atoms with van der Waals surface area (Å²) in [6.07, 6.45) is 2.96. The predicted molar refractivity (Wildman–Crippen MR) is 91.6 cm³/mol. The van der Waals surface area contributed by atoms with Crippen molar-refractivity contribution in [3.05, 3.63) is 0 Å². The van der Waals surface area contributed by atoms with Crippen LogP contribution in [0.2, 0.25) is 0 Å². The first-order valence-electron chi connectivity index (χ1n) is 9.02. The summed E-state index contributed by atoms with van der Waals surface area (Å²) in [5.41, 5.74) is -1.73. The number of hydrogen-bond donors (Lipinski definition) is 1. The van der Waals surface area contributed by atoms with Gasteiger partial charge in [-0.3, -0.25) is 4.79 Å². The third-order valence-corrected chi connectivity index (χ3v) is 4.47. The Labute approximate surface area is 145 Å². The van der Waals surface area contributed by atoms with Crippen molar-refractivity contribution in [1.29, 1.82) is 0 Å². The van der Waals surface area contributed by atoms with Gasteiger partial charge in [0.1, 0.15) is 5.60 Å². The van der Waals surface area contributed by atoms with Gasteiger partial charge in [-0.25, -0.2) is 4.79 Å². The molecule has 6 nitrogen and oxygen atoms in total. The molecule has 1 aliphatic carbocycles. The summed E-state index contributed by atoms with van der Waals surface area (Å²) in [6.45, 7) is 10.2. The Kier molecular flexibility index (Phi) is 5.47. The molecule has 0 unspecified atom stereocenters. The van der Waals surface area contributed by atoms with Crippen LogP contribution in [0.25, 0.3) is 0 Å². The Morgan fingerprint density at radius 1 is 1.33 bits per heavy atom. The maximum absolute atomic E-state index is 12.7. The molecule has 1 saturated carbocycles. The number of aliphatic hydroxyl groups is 1. The van der Waals surface area contributed by atoms with E-state index in [9.17, 15) is 14.7 Å². The summed E-state index contributed by atoms with van der Waals surface area (Å²) in [5.74, 6) is -0.0129. The highest BCUT2D eigenvalue weighted by Gasteiger charge is 2.42. The lowest BCUT2D eigenvalue weighted by Gasteiger charge is -2.40. The summed E-state index contributed by atoms with van der Waals surface area (Å²) in [4.78, 5) is 28.3. The molecule has 0 bridgehead atoms. The molecule has 1 aliphatic heterocycles. The van der Waals surface area contributed by atoms with Crippen molar-refractivity contribution in [1.82, 2.24) is 9.80 Å². The Morgan fingerprint density at radius 3 is 2.46 bits per heavy atom. The second-order valence-electron chi connectivity index (χ2n) is 8.53. The van der Waals surface area contributed by atoms with E-state index in [-0.39, 0.29) is 24.9 Å². The molecule has 6 heteroatoms. The van der Waals surface area contributed by atoms with Gasteiger partial charge in [0.2, 0.25) is 5.91 Å². The van der Waals surface area contributed by atoms with Crippen LogP contribution >= 0.6 is 0 Å². The Bertz CT molecular complexity index is 480. The molecule has 0 aromatic carbocycles. The second kappa shape index (κ2) is 6.90. The fraction of sp³-hybridized carbons (Fsp3) is 0.889. The van der Waals surface area contributed by atoms with Gasteiger partial charge < -0.3 is 19.6 Å². The standard InChI is InChI=1S/C18H32N2O4/c1-13(2)20(14-7-8-14)15(21)11-18(23)9-6-10-19(12-18)16(22)24-17(3,4)5/h13-14,23H,6-12H2,1-5H3/t18-/m0/s1. The van der Waals surface area contributed by atoms with Crippen LogP contribution in [0, 0.1) is 0 Å². The number of amides is 2. The maximum atomic E-state index is 12.7. The van der Waals surface area contributed by atoms with E-state index >= 15 is 0 Å². The smallest absolute Gasteiger partial charge is 0.410 e. The largest absolute Gasteiger partial charge is 0.444 e. The van der Waals surface area contributed by atoms with Crippen LogP contribution in [0.4, 0.5) is 4.79 Å². The lowest BCUT2D eigenvalue weighted by atomic mass is 9.89. The van der Waals surface area contributed by atoms with Crippen LogP contribution in [0.1, 0.15) is 66.7 Å². The zero-order chi connectivity index (χ0) is 18.1. The van der Waals surface area contributed by atoms with Crippen molar-refractivity contribution < 1.29 is 19.4 Å². The minimum atomic E-state index is -1.16. The number of nitrogens with zero attached hydrogens (tertiary/aromatic N) is 2. The maximum Gasteiger partial charge on any atom is 0.410 e. The summed E-state index contributed by atoms with van der Waals surface area (Å²) in [5, 5.41) is 10.9. The van der Waals surface area contributed by atoms with E-state index in [1.165, 1.54) is 4.90 Å². The van der Waals surface area contributed by atoms with Gasteiger partial charge in [0.15, 0.2) is 0 Å². The average molecular weight is 340 g/mol. The van der Waals surface area contributed by atoms with Crippen LogP contribution in [0.15, 0.2) is 0 Å². The minimum Gasteiger partial charge on any atom is -0.444 e. The SMILES string of the molecule is CC(C)N(C(=O)C[C@@]1(O)CCCN(C(=O)OC(C)(C)C)C1)C1CC1.